The summed E-state index contributed by atoms with van der Waals surface area (Å²) >= 11 is 7.90. The largest absolute Gasteiger partial charge is 0.349 e. The normalized spacial score (nSPS) is 17.8. The number of hydrogen-bond donors (Lipinski definition) is 1. The summed E-state index contributed by atoms with van der Waals surface area (Å²) in [6.07, 6.45) is 2.28. The Kier molecular flexibility index (Phi) is 6.97. The van der Waals surface area contributed by atoms with Crippen LogP contribution in [0.15, 0.2) is 48.7 Å². The Morgan fingerprint density at radius 2 is 2.04 bits per heavy atom. The average molecular weight is 418 g/mol. The highest BCUT2D eigenvalue weighted by Gasteiger charge is 2.41. The Balaban J connectivity index is 1.83. The number of benzene rings is 1. The van der Waals surface area contributed by atoms with Crippen LogP contribution in [0.2, 0.25) is 5.02 Å². The predicted octanol–water partition coefficient (Wildman–Crippen LogP) is 4.04. The highest BCUT2D eigenvalue weighted by atomic mass is 35.5. The Morgan fingerprint density at radius 3 is 2.71 bits per heavy atom. The summed E-state index contributed by atoms with van der Waals surface area (Å²) in [7, 11) is 0. The van der Waals surface area contributed by atoms with E-state index in [0.29, 0.717) is 23.7 Å². The van der Waals surface area contributed by atoms with Crippen molar-refractivity contribution in [3.8, 4) is 0 Å². The molecule has 1 aromatic carbocycles. The van der Waals surface area contributed by atoms with Gasteiger partial charge in [0.15, 0.2) is 0 Å². The van der Waals surface area contributed by atoms with Gasteiger partial charge < -0.3 is 10.2 Å². The van der Waals surface area contributed by atoms with Crippen LogP contribution < -0.4 is 5.32 Å². The first-order valence-corrected chi connectivity index (χ1v) is 10.7. The second kappa shape index (κ2) is 9.43. The molecule has 0 bridgehead atoms. The molecule has 148 valence electrons. The highest BCUT2D eigenvalue weighted by Crippen LogP contribution is 2.43. The van der Waals surface area contributed by atoms with E-state index in [4.69, 9.17) is 11.6 Å². The molecule has 0 radical (unpaired) electrons. The molecule has 2 amide bonds. The molecule has 1 aromatic heterocycles. The minimum Gasteiger partial charge on any atom is -0.349 e. The lowest BCUT2D eigenvalue weighted by Gasteiger charge is -2.33. The van der Waals surface area contributed by atoms with Crippen LogP contribution in [0.25, 0.3) is 0 Å². The van der Waals surface area contributed by atoms with E-state index in [1.54, 1.807) is 11.1 Å². The standard InChI is InChI=1S/C21H24ClN3O2S/c1-14(2)11-18(20(27)24-12-15-7-5-6-10-23-15)25-19(26)13-28-21(25)16-8-3-4-9-17(16)22/h3-10,14,18,21H,11-13H2,1-2H3,(H,24,27). The molecule has 1 N–H and O–H groups in total. The lowest BCUT2D eigenvalue weighted by Crippen LogP contribution is -2.49. The van der Waals surface area contributed by atoms with Crippen LogP contribution in [0.5, 0.6) is 0 Å². The van der Waals surface area contributed by atoms with E-state index in [2.05, 4.69) is 24.1 Å². The zero-order valence-corrected chi connectivity index (χ0v) is 17.5. The summed E-state index contributed by atoms with van der Waals surface area (Å²) in [5.74, 6) is 0.412. The molecule has 7 heteroatoms. The van der Waals surface area contributed by atoms with Crippen LogP contribution >= 0.6 is 23.4 Å². The quantitative estimate of drug-likeness (QED) is 0.738. The van der Waals surface area contributed by atoms with Crippen LogP contribution in [0.3, 0.4) is 0 Å². The molecule has 5 nitrogen and oxygen atoms in total. The molecule has 28 heavy (non-hydrogen) atoms. The number of amides is 2. The second-order valence-corrected chi connectivity index (χ2v) is 8.65. The van der Waals surface area contributed by atoms with Crippen LogP contribution in [-0.4, -0.2) is 33.5 Å². The zero-order chi connectivity index (χ0) is 20.1. The fraction of sp³-hybridized carbons (Fsp3) is 0.381. The smallest absolute Gasteiger partial charge is 0.243 e. The summed E-state index contributed by atoms with van der Waals surface area (Å²) in [5, 5.41) is 3.30. The Bertz CT molecular complexity index is 831. The van der Waals surface area contributed by atoms with E-state index in [1.165, 1.54) is 11.8 Å². The SMILES string of the molecule is CC(C)CC(C(=O)NCc1ccccn1)N1C(=O)CSC1c1ccccc1Cl. The lowest BCUT2D eigenvalue weighted by atomic mass is 10.0. The molecule has 2 heterocycles. The molecule has 1 saturated heterocycles. The lowest BCUT2D eigenvalue weighted by molar-refractivity contribution is -0.139. The van der Waals surface area contributed by atoms with Crippen molar-refractivity contribution in [3.63, 3.8) is 0 Å². The van der Waals surface area contributed by atoms with Crippen LogP contribution in [0, 0.1) is 5.92 Å². The minimum absolute atomic E-state index is 0.0337. The molecule has 0 saturated carbocycles. The Labute approximate surface area is 174 Å². The molecule has 2 aromatic rings. The van der Waals surface area contributed by atoms with E-state index < -0.39 is 6.04 Å². The van der Waals surface area contributed by atoms with Crippen molar-refractivity contribution in [1.82, 2.24) is 15.2 Å². The van der Waals surface area contributed by atoms with E-state index >= 15 is 0 Å². The molecule has 0 aliphatic carbocycles. The first-order chi connectivity index (χ1) is 13.5. The number of carbonyl (C=O) groups is 2. The van der Waals surface area contributed by atoms with Gasteiger partial charge in [-0.25, -0.2) is 0 Å². The van der Waals surface area contributed by atoms with Gasteiger partial charge in [0.05, 0.1) is 18.0 Å². The van der Waals surface area contributed by atoms with Crippen molar-refractivity contribution in [3.05, 3.63) is 64.9 Å². The average Bonchev–Trinajstić information content (AvgIpc) is 3.06. The summed E-state index contributed by atoms with van der Waals surface area (Å²) in [6, 6.07) is 12.5. The van der Waals surface area contributed by atoms with Crippen molar-refractivity contribution in [2.75, 3.05) is 5.75 Å². The van der Waals surface area contributed by atoms with Crippen molar-refractivity contribution in [2.24, 2.45) is 5.92 Å². The number of aromatic nitrogens is 1. The van der Waals surface area contributed by atoms with Crippen molar-refractivity contribution in [2.45, 2.75) is 38.2 Å². The Morgan fingerprint density at radius 1 is 1.29 bits per heavy atom. The van der Waals surface area contributed by atoms with Gasteiger partial charge in [-0.1, -0.05) is 49.7 Å². The fourth-order valence-electron chi connectivity index (χ4n) is 3.28. The third-order valence-corrected chi connectivity index (χ3v) is 6.13. The van der Waals surface area contributed by atoms with E-state index in [0.717, 1.165) is 11.3 Å². The monoisotopic (exact) mass is 417 g/mol. The number of thioether (sulfide) groups is 1. The molecule has 2 unspecified atom stereocenters. The molecular weight excluding hydrogens is 394 g/mol. The summed E-state index contributed by atoms with van der Waals surface area (Å²) in [5.41, 5.74) is 1.65. The summed E-state index contributed by atoms with van der Waals surface area (Å²) in [6.45, 7) is 4.44. The number of nitrogens with one attached hydrogen (secondary N) is 1. The third-order valence-electron chi connectivity index (χ3n) is 4.58. The van der Waals surface area contributed by atoms with E-state index in [1.807, 2.05) is 42.5 Å². The maximum atomic E-state index is 13.1. The minimum atomic E-state index is -0.549. The predicted molar refractivity (Wildman–Crippen MR) is 113 cm³/mol. The van der Waals surface area contributed by atoms with Gasteiger partial charge in [0.25, 0.3) is 0 Å². The fourth-order valence-corrected chi connectivity index (χ4v) is 4.84. The van der Waals surface area contributed by atoms with Gasteiger partial charge in [0.2, 0.25) is 11.8 Å². The third kappa shape index (κ3) is 4.86. The number of halogens is 1. The van der Waals surface area contributed by atoms with Crippen molar-refractivity contribution < 1.29 is 9.59 Å². The van der Waals surface area contributed by atoms with Crippen LogP contribution in [0.4, 0.5) is 0 Å². The first-order valence-electron chi connectivity index (χ1n) is 9.32. The van der Waals surface area contributed by atoms with Crippen molar-refractivity contribution in [1.29, 1.82) is 0 Å². The highest BCUT2D eigenvalue weighted by molar-refractivity contribution is 8.00. The van der Waals surface area contributed by atoms with Gasteiger partial charge in [0.1, 0.15) is 11.4 Å². The zero-order valence-electron chi connectivity index (χ0n) is 16.0. The summed E-state index contributed by atoms with van der Waals surface area (Å²) < 4.78 is 0. The topological polar surface area (TPSA) is 62.3 Å². The van der Waals surface area contributed by atoms with Gasteiger partial charge in [0, 0.05) is 16.8 Å². The maximum absolute atomic E-state index is 13.1. The molecular formula is C21H24ClN3O2S. The van der Waals surface area contributed by atoms with Gasteiger partial charge in [-0.3, -0.25) is 14.6 Å². The van der Waals surface area contributed by atoms with Gasteiger partial charge in [-0.05, 0) is 30.5 Å². The molecule has 1 fully saturated rings. The number of carbonyl (C=O) groups excluding carboxylic acids is 2. The molecule has 2 atom stereocenters. The van der Waals surface area contributed by atoms with Crippen LogP contribution in [0.1, 0.15) is 36.9 Å². The van der Waals surface area contributed by atoms with Gasteiger partial charge >= 0.3 is 0 Å². The number of hydrogen-bond acceptors (Lipinski definition) is 4. The number of nitrogens with zero attached hydrogens (tertiary/aromatic N) is 2. The summed E-state index contributed by atoms with van der Waals surface area (Å²) in [4.78, 5) is 31.8. The van der Waals surface area contributed by atoms with Gasteiger partial charge in [-0.2, -0.15) is 0 Å². The molecule has 1 aliphatic rings. The van der Waals surface area contributed by atoms with Crippen LogP contribution in [-0.2, 0) is 16.1 Å². The van der Waals surface area contributed by atoms with E-state index in [9.17, 15) is 9.59 Å². The van der Waals surface area contributed by atoms with Crippen molar-refractivity contribution >= 4 is 35.2 Å². The Hall–Kier alpha value is -2.05. The molecule has 0 spiro atoms. The maximum Gasteiger partial charge on any atom is 0.243 e. The number of rotatable bonds is 7. The van der Waals surface area contributed by atoms with E-state index in [-0.39, 0.29) is 23.1 Å². The number of pyridine rings is 1. The first kappa shape index (κ1) is 20.7. The molecule has 3 rings (SSSR count). The van der Waals surface area contributed by atoms with Gasteiger partial charge in [-0.15, -0.1) is 11.8 Å². The second-order valence-electron chi connectivity index (χ2n) is 7.17. The molecule has 1 aliphatic heterocycles.